The average molecular weight is 341 g/mol. The summed E-state index contributed by atoms with van der Waals surface area (Å²) in [5.41, 5.74) is 2.07. The van der Waals surface area contributed by atoms with Crippen molar-refractivity contribution in [2.45, 2.75) is 78.2 Å². The number of ether oxygens (including phenoxy) is 1. The molecule has 0 aromatic carbocycles. The fourth-order valence-electron chi connectivity index (χ4n) is 7.18. The lowest BCUT2D eigenvalue weighted by Gasteiger charge is -2.57. The molecule has 3 heteroatoms. The Bertz CT molecular complexity index is 647. The molecule has 0 aromatic rings. The van der Waals surface area contributed by atoms with Crippen LogP contribution < -0.4 is 0 Å². The van der Waals surface area contributed by atoms with E-state index < -0.39 is 0 Å². The molecule has 0 saturated heterocycles. The van der Waals surface area contributed by atoms with Crippen molar-refractivity contribution in [3.05, 3.63) is 11.6 Å². The molecule has 0 radical (unpaired) electrons. The predicted octanol–water partition coefficient (Wildman–Crippen LogP) is 5.02. The lowest BCUT2D eigenvalue weighted by atomic mass is 9.47. The van der Waals surface area contributed by atoms with Gasteiger partial charge in [0.25, 0.3) is 0 Å². The molecule has 0 amide bonds. The maximum absolute atomic E-state index is 11.3. The number of esters is 1. The van der Waals surface area contributed by atoms with Gasteiger partial charge in [0.05, 0.1) is 12.0 Å². The molecule has 25 heavy (non-hydrogen) atoms. The average Bonchev–Trinajstić information content (AvgIpc) is 2.91. The quantitative estimate of drug-likeness (QED) is 0.497. The fourth-order valence-corrected chi connectivity index (χ4v) is 7.18. The van der Waals surface area contributed by atoms with Crippen molar-refractivity contribution in [2.75, 3.05) is 0 Å². The summed E-state index contributed by atoms with van der Waals surface area (Å²) in [6.45, 7) is 6.39. The van der Waals surface area contributed by atoms with Crippen molar-refractivity contribution in [3.63, 3.8) is 0 Å². The van der Waals surface area contributed by atoms with Crippen molar-refractivity contribution in [3.8, 4) is 6.07 Å². The third-order valence-electron chi connectivity index (χ3n) is 8.55. The molecular formula is C22H31NO2. The SMILES string of the molecule is CC(=O)O[C@@H]1CC[C@]2(C)C(=CC[C@@H]3[C@@H]4CC[C@@H](C#N)[C@]4(C)CC[C@@H]32)C1. The lowest BCUT2D eigenvalue weighted by Crippen LogP contribution is -2.50. The third-order valence-corrected chi connectivity index (χ3v) is 8.55. The molecule has 0 unspecified atom stereocenters. The maximum Gasteiger partial charge on any atom is 0.302 e. The van der Waals surface area contributed by atoms with Gasteiger partial charge in [-0.05, 0) is 73.5 Å². The van der Waals surface area contributed by atoms with Crippen molar-refractivity contribution in [2.24, 2.45) is 34.5 Å². The number of carbonyl (C=O) groups is 1. The lowest BCUT2D eigenvalue weighted by molar-refractivity contribution is -0.148. The van der Waals surface area contributed by atoms with Crippen molar-refractivity contribution >= 4 is 5.97 Å². The van der Waals surface area contributed by atoms with Crippen LogP contribution >= 0.6 is 0 Å². The van der Waals surface area contributed by atoms with Gasteiger partial charge in [-0.3, -0.25) is 4.79 Å². The summed E-state index contributed by atoms with van der Waals surface area (Å²) in [6, 6.07) is 2.63. The minimum atomic E-state index is -0.148. The number of nitrogens with zero attached hydrogens (tertiary/aromatic N) is 1. The van der Waals surface area contributed by atoms with Crippen LogP contribution in [-0.4, -0.2) is 12.1 Å². The van der Waals surface area contributed by atoms with Crippen LogP contribution in [0.15, 0.2) is 11.6 Å². The number of allylic oxidation sites excluding steroid dienone is 1. The van der Waals surface area contributed by atoms with E-state index in [0.717, 1.165) is 43.4 Å². The van der Waals surface area contributed by atoms with E-state index in [-0.39, 0.29) is 28.8 Å². The summed E-state index contributed by atoms with van der Waals surface area (Å²) in [5.74, 6) is 2.33. The molecule has 4 rings (SSSR count). The molecule has 0 aliphatic heterocycles. The van der Waals surface area contributed by atoms with Crippen LogP contribution in [0, 0.1) is 45.8 Å². The van der Waals surface area contributed by atoms with Gasteiger partial charge in [0.1, 0.15) is 6.10 Å². The van der Waals surface area contributed by atoms with Gasteiger partial charge in [-0.2, -0.15) is 5.26 Å². The topological polar surface area (TPSA) is 50.1 Å². The first kappa shape index (κ1) is 17.1. The van der Waals surface area contributed by atoms with E-state index in [1.165, 1.54) is 32.6 Å². The standard InChI is InChI=1S/C22H31NO2/c1-14(24)25-17-8-10-21(2)15(12-17)4-6-18-19-7-5-16(13-23)22(19,3)11-9-20(18)21/h4,16-20H,5-12H2,1-3H3/t16-,17+,18+,19-,20-,21+,22-/m0/s1. The van der Waals surface area contributed by atoms with Crippen LogP contribution in [0.5, 0.6) is 0 Å². The zero-order valence-corrected chi connectivity index (χ0v) is 15.9. The number of hydrogen-bond acceptors (Lipinski definition) is 3. The number of hydrogen-bond donors (Lipinski definition) is 0. The van der Waals surface area contributed by atoms with E-state index in [4.69, 9.17) is 4.74 Å². The highest BCUT2D eigenvalue weighted by Gasteiger charge is 2.58. The molecule has 3 saturated carbocycles. The van der Waals surface area contributed by atoms with Gasteiger partial charge in [0, 0.05) is 13.3 Å². The second-order valence-electron chi connectivity index (χ2n) is 9.54. The first-order chi connectivity index (χ1) is 11.9. The molecule has 0 spiro atoms. The minimum Gasteiger partial charge on any atom is -0.462 e. The normalized spacial score (nSPS) is 48.4. The number of rotatable bonds is 1. The molecule has 4 aliphatic rings. The summed E-state index contributed by atoms with van der Waals surface area (Å²) >= 11 is 0. The van der Waals surface area contributed by atoms with Crippen LogP contribution in [-0.2, 0) is 9.53 Å². The highest BCUT2D eigenvalue weighted by atomic mass is 16.5. The Morgan fingerprint density at radius 3 is 2.72 bits per heavy atom. The van der Waals surface area contributed by atoms with Gasteiger partial charge in [-0.25, -0.2) is 0 Å². The monoisotopic (exact) mass is 341 g/mol. The zero-order valence-electron chi connectivity index (χ0n) is 15.9. The molecule has 136 valence electrons. The predicted molar refractivity (Wildman–Crippen MR) is 96.4 cm³/mol. The summed E-state index contributed by atoms with van der Waals surface area (Å²) in [6.07, 6.45) is 11.6. The first-order valence-corrected chi connectivity index (χ1v) is 10.1. The van der Waals surface area contributed by atoms with E-state index >= 15 is 0 Å². The molecule has 4 aliphatic carbocycles. The molecule has 7 atom stereocenters. The van der Waals surface area contributed by atoms with E-state index in [9.17, 15) is 10.1 Å². The number of fused-ring (bicyclic) bond motifs is 5. The van der Waals surface area contributed by atoms with E-state index in [1.807, 2.05) is 0 Å². The van der Waals surface area contributed by atoms with Crippen LogP contribution in [0.3, 0.4) is 0 Å². The maximum atomic E-state index is 11.3. The largest absolute Gasteiger partial charge is 0.462 e. The fraction of sp³-hybridized carbons (Fsp3) is 0.818. The van der Waals surface area contributed by atoms with Gasteiger partial charge in [-0.15, -0.1) is 0 Å². The van der Waals surface area contributed by atoms with E-state index in [0.29, 0.717) is 0 Å². The Kier molecular flexibility index (Phi) is 4.02. The second-order valence-corrected chi connectivity index (χ2v) is 9.54. The Labute approximate surface area is 151 Å². The second kappa shape index (κ2) is 5.86. The van der Waals surface area contributed by atoms with Crippen LogP contribution in [0.2, 0.25) is 0 Å². The van der Waals surface area contributed by atoms with Crippen LogP contribution in [0.25, 0.3) is 0 Å². The van der Waals surface area contributed by atoms with E-state index in [1.54, 1.807) is 5.57 Å². The first-order valence-electron chi connectivity index (χ1n) is 10.1. The Morgan fingerprint density at radius 2 is 2.00 bits per heavy atom. The Balaban J connectivity index is 1.59. The number of carbonyl (C=O) groups excluding carboxylic acids is 1. The summed E-state index contributed by atoms with van der Waals surface area (Å²) < 4.78 is 5.52. The molecule has 3 fully saturated rings. The van der Waals surface area contributed by atoms with Gasteiger partial charge in [0.2, 0.25) is 0 Å². The summed E-state index contributed by atoms with van der Waals surface area (Å²) in [7, 11) is 0. The molecule has 3 nitrogen and oxygen atoms in total. The third kappa shape index (κ3) is 2.47. The highest BCUT2D eigenvalue weighted by molar-refractivity contribution is 5.66. The van der Waals surface area contributed by atoms with Crippen molar-refractivity contribution in [1.29, 1.82) is 5.26 Å². The molecular weight excluding hydrogens is 310 g/mol. The summed E-state index contributed by atoms with van der Waals surface area (Å²) in [5, 5.41) is 9.60. The van der Waals surface area contributed by atoms with Crippen molar-refractivity contribution in [1.82, 2.24) is 0 Å². The van der Waals surface area contributed by atoms with Gasteiger partial charge in [-0.1, -0.05) is 25.5 Å². The summed E-state index contributed by atoms with van der Waals surface area (Å²) in [4.78, 5) is 11.3. The van der Waals surface area contributed by atoms with Gasteiger partial charge < -0.3 is 4.74 Å². The molecule has 0 N–H and O–H groups in total. The Hall–Kier alpha value is -1.30. The zero-order chi connectivity index (χ0) is 17.8. The Morgan fingerprint density at radius 1 is 1.20 bits per heavy atom. The highest BCUT2D eigenvalue weighted by Crippen LogP contribution is 2.66. The minimum absolute atomic E-state index is 0.0803. The van der Waals surface area contributed by atoms with E-state index in [2.05, 4.69) is 26.0 Å². The number of nitriles is 1. The molecule has 0 heterocycles. The van der Waals surface area contributed by atoms with Gasteiger partial charge in [0.15, 0.2) is 0 Å². The smallest absolute Gasteiger partial charge is 0.302 e. The molecule has 0 bridgehead atoms. The van der Waals surface area contributed by atoms with Crippen LogP contribution in [0.1, 0.15) is 72.1 Å². The van der Waals surface area contributed by atoms with Crippen molar-refractivity contribution < 1.29 is 9.53 Å². The van der Waals surface area contributed by atoms with Gasteiger partial charge >= 0.3 is 5.97 Å². The molecule has 0 aromatic heterocycles. The van der Waals surface area contributed by atoms with Crippen LogP contribution in [0.4, 0.5) is 0 Å².